The Morgan fingerprint density at radius 3 is 1.90 bits per heavy atom. The van der Waals surface area contributed by atoms with Crippen LogP contribution in [-0.4, -0.2) is 140 Å². The number of hydrogen-bond donors (Lipinski definition) is 0. The molecular formula is C26H43N3O11. The average molecular weight is 574 g/mol. The van der Waals surface area contributed by atoms with Crippen LogP contribution in [0.4, 0.5) is 0 Å². The smallest absolute Gasteiger partial charge is 0.351 e. The first-order chi connectivity index (χ1) is 19.6. The number of carbonyl (C=O) groups is 2. The van der Waals surface area contributed by atoms with Crippen molar-refractivity contribution < 1.29 is 52.2 Å². The molecule has 1 saturated heterocycles. The van der Waals surface area contributed by atoms with Gasteiger partial charge in [0.25, 0.3) is 0 Å². The third kappa shape index (κ3) is 7.87. The maximum atomic E-state index is 12.7. The largest absolute Gasteiger partial charge is 0.448 e. The lowest BCUT2D eigenvalue weighted by Gasteiger charge is -2.42. The number of cyclic esters (lactones) is 1. The minimum absolute atomic E-state index is 0.0980. The third-order valence-corrected chi connectivity index (χ3v) is 7.61. The SMILES string of the molecule is COCCOCCOCCOCCOCCOCCOCCN1N=NC2C1C1CC2C2(C1)OC(=O)[C@H](C)OC2=O. The van der Waals surface area contributed by atoms with E-state index in [2.05, 4.69) is 10.3 Å². The molecule has 228 valence electrons. The summed E-state index contributed by atoms with van der Waals surface area (Å²) in [5.74, 6) is -0.962. The maximum Gasteiger partial charge on any atom is 0.351 e. The molecule has 40 heavy (non-hydrogen) atoms. The highest BCUT2D eigenvalue weighted by atomic mass is 16.7. The van der Waals surface area contributed by atoms with Gasteiger partial charge < -0.3 is 42.6 Å². The molecule has 0 radical (unpaired) electrons. The van der Waals surface area contributed by atoms with Gasteiger partial charge in [-0.05, 0) is 19.3 Å². The van der Waals surface area contributed by atoms with Gasteiger partial charge >= 0.3 is 11.9 Å². The molecule has 14 heteroatoms. The molecule has 0 aromatic carbocycles. The fourth-order valence-electron chi connectivity index (χ4n) is 5.75. The second kappa shape index (κ2) is 15.9. The molecule has 0 N–H and O–H groups in total. The number of nitrogens with zero attached hydrogens (tertiary/aromatic N) is 3. The molecule has 2 aliphatic carbocycles. The summed E-state index contributed by atoms with van der Waals surface area (Å²) < 4.78 is 48.7. The highest BCUT2D eigenvalue weighted by Gasteiger charge is 2.70. The van der Waals surface area contributed by atoms with Crippen LogP contribution in [-0.2, 0) is 52.2 Å². The monoisotopic (exact) mass is 573 g/mol. The van der Waals surface area contributed by atoms with E-state index in [1.807, 2.05) is 5.01 Å². The van der Waals surface area contributed by atoms with Gasteiger partial charge in [0.2, 0.25) is 5.60 Å². The quantitative estimate of drug-likeness (QED) is 0.139. The number of fused-ring (bicyclic) bond motifs is 6. The Labute approximate surface area is 234 Å². The van der Waals surface area contributed by atoms with Gasteiger partial charge in [0.15, 0.2) is 6.10 Å². The van der Waals surface area contributed by atoms with Crippen LogP contribution in [0.1, 0.15) is 19.8 Å². The Hall–Kier alpha value is -1.94. The summed E-state index contributed by atoms with van der Waals surface area (Å²) in [6.45, 7) is 8.80. The van der Waals surface area contributed by atoms with E-state index in [0.29, 0.717) is 98.9 Å². The molecule has 14 nitrogen and oxygen atoms in total. The topological polar surface area (TPSA) is 145 Å². The van der Waals surface area contributed by atoms with Crippen LogP contribution < -0.4 is 0 Å². The Bertz CT molecular complexity index is 834. The van der Waals surface area contributed by atoms with E-state index in [-0.39, 0.29) is 23.9 Å². The fourth-order valence-corrected chi connectivity index (χ4v) is 5.75. The number of methoxy groups -OCH3 is 1. The van der Waals surface area contributed by atoms with E-state index in [9.17, 15) is 9.59 Å². The second-order valence-corrected chi connectivity index (χ2v) is 10.2. The zero-order valence-corrected chi connectivity index (χ0v) is 23.5. The predicted molar refractivity (Wildman–Crippen MR) is 137 cm³/mol. The van der Waals surface area contributed by atoms with Crippen molar-refractivity contribution in [1.29, 1.82) is 0 Å². The van der Waals surface area contributed by atoms with Crippen molar-refractivity contribution in [2.24, 2.45) is 22.2 Å². The van der Waals surface area contributed by atoms with Gasteiger partial charge in [0.1, 0.15) is 6.04 Å². The second-order valence-electron chi connectivity index (χ2n) is 10.2. The Kier molecular flexibility index (Phi) is 12.3. The van der Waals surface area contributed by atoms with Crippen molar-refractivity contribution in [3.63, 3.8) is 0 Å². The predicted octanol–water partition coefficient (Wildman–Crippen LogP) is 0.420. The molecule has 4 aliphatic rings. The molecule has 5 unspecified atom stereocenters. The first kappa shape index (κ1) is 31.0. The Morgan fingerprint density at radius 1 is 0.825 bits per heavy atom. The summed E-state index contributed by atoms with van der Waals surface area (Å²) in [7, 11) is 1.64. The molecule has 0 aromatic rings. The van der Waals surface area contributed by atoms with Crippen LogP contribution in [0, 0.1) is 11.8 Å². The molecule has 6 atom stereocenters. The standard InChI is InChI=1S/C26H43N3O11/c1-19-24(30)40-26(25(31)39-19)18-20-17-21(26)22-23(20)29(28-27-22)3-4-33-7-8-35-11-12-37-15-16-38-14-13-36-10-9-34-6-5-32-2/h19-23H,3-18H2,1-2H3/t19-,20?,21?,22?,23?,26?/m0/s1. The summed E-state index contributed by atoms with van der Waals surface area (Å²) in [5, 5.41) is 10.7. The van der Waals surface area contributed by atoms with Crippen molar-refractivity contribution in [3.05, 3.63) is 0 Å². The summed E-state index contributed by atoms with van der Waals surface area (Å²) in [6.07, 6.45) is 0.369. The fraction of sp³-hybridized carbons (Fsp3) is 0.923. The van der Waals surface area contributed by atoms with Crippen LogP contribution in [0.3, 0.4) is 0 Å². The number of carbonyl (C=O) groups excluding carboxylic acids is 2. The molecule has 0 amide bonds. The zero-order chi connectivity index (χ0) is 28.2. The van der Waals surface area contributed by atoms with Crippen LogP contribution >= 0.6 is 0 Å². The van der Waals surface area contributed by atoms with Crippen molar-refractivity contribution in [1.82, 2.24) is 5.01 Å². The average Bonchev–Trinajstić information content (AvgIpc) is 3.63. The van der Waals surface area contributed by atoms with E-state index < -0.39 is 23.6 Å². The third-order valence-electron chi connectivity index (χ3n) is 7.61. The van der Waals surface area contributed by atoms with Gasteiger partial charge in [-0.25, -0.2) is 9.59 Å². The van der Waals surface area contributed by atoms with E-state index in [4.69, 9.17) is 42.6 Å². The van der Waals surface area contributed by atoms with Crippen molar-refractivity contribution in [2.75, 3.05) is 99.5 Å². The normalized spacial score (nSPS) is 30.4. The van der Waals surface area contributed by atoms with E-state index in [0.717, 1.165) is 6.42 Å². The van der Waals surface area contributed by atoms with Crippen LogP contribution in [0.15, 0.2) is 10.3 Å². The first-order valence-corrected chi connectivity index (χ1v) is 14.1. The Morgan fingerprint density at radius 2 is 1.35 bits per heavy atom. The number of hydrogen-bond acceptors (Lipinski definition) is 14. The summed E-state index contributed by atoms with van der Waals surface area (Å²) in [6, 6.07) is -0.0770. The lowest BCUT2D eigenvalue weighted by molar-refractivity contribution is -0.217. The van der Waals surface area contributed by atoms with Crippen molar-refractivity contribution in [2.45, 2.75) is 43.6 Å². The van der Waals surface area contributed by atoms with E-state index in [1.54, 1.807) is 7.11 Å². The molecule has 3 fully saturated rings. The molecular weight excluding hydrogens is 530 g/mol. The van der Waals surface area contributed by atoms with Gasteiger partial charge in [0.05, 0.1) is 98.5 Å². The molecule has 4 rings (SSSR count). The van der Waals surface area contributed by atoms with Crippen LogP contribution in [0.25, 0.3) is 0 Å². The van der Waals surface area contributed by atoms with Crippen LogP contribution in [0.5, 0.6) is 0 Å². The van der Waals surface area contributed by atoms with Crippen molar-refractivity contribution in [3.8, 4) is 0 Å². The molecule has 2 heterocycles. The van der Waals surface area contributed by atoms with Crippen LogP contribution in [0.2, 0.25) is 0 Å². The maximum absolute atomic E-state index is 12.7. The molecule has 2 bridgehead atoms. The van der Waals surface area contributed by atoms with Gasteiger partial charge in [-0.15, -0.1) is 0 Å². The number of esters is 2. The first-order valence-electron chi connectivity index (χ1n) is 14.1. The van der Waals surface area contributed by atoms with Gasteiger partial charge in [-0.2, -0.15) is 5.11 Å². The Balaban J connectivity index is 0.944. The molecule has 2 aliphatic heterocycles. The minimum atomic E-state index is -1.20. The summed E-state index contributed by atoms with van der Waals surface area (Å²) in [4.78, 5) is 24.8. The molecule has 0 aromatic heterocycles. The van der Waals surface area contributed by atoms with E-state index in [1.165, 1.54) is 6.92 Å². The van der Waals surface area contributed by atoms with E-state index >= 15 is 0 Å². The summed E-state index contributed by atoms with van der Waals surface area (Å²) >= 11 is 0. The van der Waals surface area contributed by atoms with Gasteiger partial charge in [-0.1, -0.05) is 5.22 Å². The lowest BCUT2D eigenvalue weighted by atomic mass is 9.78. The number of rotatable bonds is 21. The van der Waals surface area contributed by atoms with Gasteiger partial charge in [-0.3, -0.25) is 5.01 Å². The zero-order valence-electron chi connectivity index (χ0n) is 23.5. The highest BCUT2D eigenvalue weighted by molar-refractivity contribution is 5.91. The highest BCUT2D eigenvalue weighted by Crippen LogP contribution is 2.58. The molecule has 2 saturated carbocycles. The lowest BCUT2D eigenvalue weighted by Crippen LogP contribution is -2.60. The van der Waals surface area contributed by atoms with Crippen molar-refractivity contribution >= 4 is 11.9 Å². The minimum Gasteiger partial charge on any atom is -0.448 e. The van der Waals surface area contributed by atoms with Gasteiger partial charge in [0, 0.05) is 19.4 Å². The number of ether oxygens (including phenoxy) is 9. The molecule has 1 spiro atoms. The summed E-state index contributed by atoms with van der Waals surface area (Å²) in [5.41, 5.74) is -1.20.